The lowest BCUT2D eigenvalue weighted by molar-refractivity contribution is -0.140. The molecule has 1 heterocycles. The predicted molar refractivity (Wildman–Crippen MR) is 155 cm³/mol. The summed E-state index contributed by atoms with van der Waals surface area (Å²) in [5.74, 6) is -8.59. The van der Waals surface area contributed by atoms with Crippen molar-refractivity contribution in [2.24, 2.45) is 5.73 Å². The van der Waals surface area contributed by atoms with Gasteiger partial charge in [-0.3, -0.25) is 58.0 Å². The van der Waals surface area contributed by atoms with Crippen LogP contribution in [-0.4, -0.2) is 183 Å². The van der Waals surface area contributed by atoms with Crippen LogP contribution in [0.25, 0.3) is 0 Å². The largest absolute Gasteiger partial charge is 0.481 e. The number of carbonyl (C=O) groups excluding carboxylic acids is 3. The predicted octanol–water partition coefficient (Wildman–Crippen LogP) is -4.35. The molecule has 0 bridgehead atoms. The highest BCUT2D eigenvalue weighted by molar-refractivity contribution is 5.92. The molecule has 1 aliphatic rings. The fourth-order valence-electron chi connectivity index (χ4n) is 4.59. The van der Waals surface area contributed by atoms with Gasteiger partial charge in [-0.05, 0) is 12.8 Å². The molecule has 0 saturated carbocycles. The van der Waals surface area contributed by atoms with E-state index < -0.39 is 72.5 Å². The standard InChI is InChI=1S/C26H43N7O13/c27-25(45)17(1-3-20(35)36)29-26(46)18(2-4-21(37)38)28-19(34)13-30-5-7-31(14-22(39)40)9-11-33(16-24(43)44)12-10-32(8-6-30)15-23(41)42/h17-18H,1-16H2,(H2,27,45)(H,28,34)(H,29,46)(H,35,36)(H,37,38)(H,39,40)(H,41,42)(H,43,44). The first kappa shape index (κ1) is 39.6. The van der Waals surface area contributed by atoms with E-state index in [1.165, 1.54) is 0 Å². The van der Waals surface area contributed by atoms with Crippen LogP contribution in [-0.2, 0) is 38.4 Å². The first-order valence-electron chi connectivity index (χ1n) is 14.4. The maximum absolute atomic E-state index is 13.1. The molecule has 2 atom stereocenters. The van der Waals surface area contributed by atoms with Gasteiger partial charge < -0.3 is 41.9 Å². The molecule has 2 unspecified atom stereocenters. The molecule has 260 valence electrons. The van der Waals surface area contributed by atoms with Crippen LogP contribution in [0.2, 0.25) is 0 Å². The van der Waals surface area contributed by atoms with E-state index in [1.807, 2.05) is 0 Å². The van der Waals surface area contributed by atoms with E-state index in [2.05, 4.69) is 10.6 Å². The summed E-state index contributed by atoms with van der Waals surface area (Å²) in [6.07, 6.45) is -1.74. The summed E-state index contributed by atoms with van der Waals surface area (Å²) in [6.45, 7) is -0.237. The third-order valence-corrected chi connectivity index (χ3v) is 6.98. The number of nitrogens with zero attached hydrogens (tertiary/aromatic N) is 4. The van der Waals surface area contributed by atoms with Gasteiger partial charge in [0.15, 0.2) is 0 Å². The number of carboxylic acids is 5. The normalized spacial score (nSPS) is 17.4. The number of primary amides is 1. The number of hydrogen-bond acceptors (Lipinski definition) is 12. The molecule has 9 N–H and O–H groups in total. The van der Waals surface area contributed by atoms with Crippen LogP contribution in [0.15, 0.2) is 0 Å². The molecule has 1 aliphatic heterocycles. The van der Waals surface area contributed by atoms with Gasteiger partial charge in [-0.1, -0.05) is 0 Å². The molecule has 0 radical (unpaired) electrons. The van der Waals surface area contributed by atoms with Crippen LogP contribution in [0.3, 0.4) is 0 Å². The van der Waals surface area contributed by atoms with Crippen LogP contribution in [0, 0.1) is 0 Å². The zero-order valence-electron chi connectivity index (χ0n) is 25.3. The van der Waals surface area contributed by atoms with Gasteiger partial charge in [0.2, 0.25) is 17.7 Å². The lowest BCUT2D eigenvalue weighted by Gasteiger charge is -2.33. The minimum Gasteiger partial charge on any atom is -0.481 e. The van der Waals surface area contributed by atoms with E-state index in [0.29, 0.717) is 0 Å². The van der Waals surface area contributed by atoms with Gasteiger partial charge in [-0.15, -0.1) is 0 Å². The zero-order chi connectivity index (χ0) is 34.8. The lowest BCUT2D eigenvalue weighted by atomic mass is 10.1. The fraction of sp³-hybridized carbons (Fsp3) is 0.692. The average molecular weight is 662 g/mol. The highest BCUT2D eigenvalue weighted by atomic mass is 16.4. The number of amides is 3. The Morgan fingerprint density at radius 2 is 0.826 bits per heavy atom. The Labute approximate surface area is 264 Å². The third kappa shape index (κ3) is 17.8. The Bertz CT molecular complexity index is 1070. The van der Waals surface area contributed by atoms with Gasteiger partial charge in [0.05, 0.1) is 26.2 Å². The number of nitrogens with one attached hydrogen (secondary N) is 2. The van der Waals surface area contributed by atoms with E-state index >= 15 is 0 Å². The maximum atomic E-state index is 13.1. The molecule has 0 aliphatic carbocycles. The Morgan fingerprint density at radius 3 is 1.13 bits per heavy atom. The van der Waals surface area contributed by atoms with Crippen molar-refractivity contribution in [3.63, 3.8) is 0 Å². The van der Waals surface area contributed by atoms with Crippen molar-refractivity contribution in [2.45, 2.75) is 37.8 Å². The zero-order valence-corrected chi connectivity index (χ0v) is 25.3. The second kappa shape index (κ2) is 20.6. The highest BCUT2D eigenvalue weighted by Crippen LogP contribution is 2.05. The first-order valence-corrected chi connectivity index (χ1v) is 14.4. The second-order valence-electron chi connectivity index (χ2n) is 10.7. The maximum Gasteiger partial charge on any atom is 0.317 e. The summed E-state index contributed by atoms with van der Waals surface area (Å²) in [5, 5.41) is 50.7. The molecule has 0 aromatic carbocycles. The number of carboxylic acid groups (broad SMARTS) is 5. The number of hydrogen-bond donors (Lipinski definition) is 8. The van der Waals surface area contributed by atoms with E-state index in [4.69, 9.17) is 15.9 Å². The number of aliphatic carboxylic acids is 5. The molecule has 1 rings (SSSR count). The van der Waals surface area contributed by atoms with Gasteiger partial charge in [0, 0.05) is 65.2 Å². The van der Waals surface area contributed by atoms with Crippen molar-refractivity contribution < 1.29 is 63.9 Å². The summed E-state index contributed by atoms with van der Waals surface area (Å²) in [6, 6.07) is -2.83. The van der Waals surface area contributed by atoms with Gasteiger partial charge in [-0.25, -0.2) is 0 Å². The van der Waals surface area contributed by atoms with Gasteiger partial charge in [0.1, 0.15) is 12.1 Å². The molecule has 46 heavy (non-hydrogen) atoms. The molecule has 20 heteroatoms. The van der Waals surface area contributed by atoms with Gasteiger partial charge in [0.25, 0.3) is 0 Å². The highest BCUT2D eigenvalue weighted by Gasteiger charge is 2.28. The number of carbonyl (C=O) groups is 8. The SMILES string of the molecule is NC(=O)C(CCC(=O)O)NC(=O)C(CCC(=O)O)NC(=O)CN1CCN(CC(=O)O)CCN(CC(=O)O)CCN(CC(=O)O)CC1. The summed E-state index contributed by atoms with van der Waals surface area (Å²) >= 11 is 0. The molecule has 3 amide bonds. The van der Waals surface area contributed by atoms with E-state index in [0.717, 1.165) is 0 Å². The lowest BCUT2D eigenvalue weighted by Crippen LogP contribution is -2.55. The second-order valence-corrected chi connectivity index (χ2v) is 10.7. The van der Waals surface area contributed by atoms with E-state index in [9.17, 15) is 53.7 Å². The third-order valence-electron chi connectivity index (χ3n) is 6.98. The van der Waals surface area contributed by atoms with Crippen LogP contribution in [0.4, 0.5) is 0 Å². The van der Waals surface area contributed by atoms with Crippen molar-refractivity contribution in [3.05, 3.63) is 0 Å². The number of nitrogens with two attached hydrogens (primary N) is 1. The smallest absolute Gasteiger partial charge is 0.317 e. The van der Waals surface area contributed by atoms with Crippen LogP contribution in [0.1, 0.15) is 25.7 Å². The topological polar surface area (TPSA) is 301 Å². The Kier molecular flexibility index (Phi) is 17.7. The molecule has 1 saturated heterocycles. The summed E-state index contributed by atoms with van der Waals surface area (Å²) in [5.41, 5.74) is 5.26. The van der Waals surface area contributed by atoms with Crippen molar-refractivity contribution in [3.8, 4) is 0 Å². The van der Waals surface area contributed by atoms with E-state index in [1.54, 1.807) is 19.6 Å². The minimum atomic E-state index is -1.44. The fourth-order valence-corrected chi connectivity index (χ4v) is 4.59. The molecular formula is C26H43N7O13. The van der Waals surface area contributed by atoms with Crippen LogP contribution < -0.4 is 16.4 Å². The monoisotopic (exact) mass is 661 g/mol. The summed E-state index contributed by atoms with van der Waals surface area (Å²) in [7, 11) is 0. The molecule has 20 nitrogen and oxygen atoms in total. The Hall–Kier alpha value is -4.40. The summed E-state index contributed by atoms with van der Waals surface area (Å²) < 4.78 is 0. The minimum absolute atomic E-state index is 0.117. The van der Waals surface area contributed by atoms with Crippen molar-refractivity contribution in [1.82, 2.24) is 30.2 Å². The molecule has 0 spiro atoms. The average Bonchev–Trinajstić information content (AvgIpc) is 2.93. The Morgan fingerprint density at radius 1 is 0.500 bits per heavy atom. The van der Waals surface area contributed by atoms with Crippen molar-refractivity contribution in [2.75, 3.05) is 78.5 Å². The van der Waals surface area contributed by atoms with Crippen LogP contribution >= 0.6 is 0 Å². The van der Waals surface area contributed by atoms with Gasteiger partial charge in [-0.2, -0.15) is 0 Å². The van der Waals surface area contributed by atoms with Crippen molar-refractivity contribution >= 4 is 47.6 Å². The molecule has 1 fully saturated rings. The van der Waals surface area contributed by atoms with Crippen molar-refractivity contribution in [1.29, 1.82) is 0 Å². The number of rotatable bonds is 18. The van der Waals surface area contributed by atoms with Crippen LogP contribution in [0.5, 0.6) is 0 Å². The summed E-state index contributed by atoms with van der Waals surface area (Å²) in [4.78, 5) is 100. The molecular weight excluding hydrogens is 618 g/mol. The Balaban J connectivity index is 3.12. The van der Waals surface area contributed by atoms with Gasteiger partial charge >= 0.3 is 29.8 Å². The van der Waals surface area contributed by atoms with E-state index in [-0.39, 0.29) is 91.4 Å². The quantitative estimate of drug-likeness (QED) is 0.0688. The first-order chi connectivity index (χ1) is 21.5. The molecule has 0 aromatic heterocycles. The molecule has 0 aromatic rings.